The third-order valence-electron chi connectivity index (χ3n) is 16.0. The second-order valence-electron chi connectivity index (χ2n) is 18.4. The molecule has 8 fully saturated rings. The van der Waals surface area contributed by atoms with E-state index in [1.54, 1.807) is 0 Å². The van der Waals surface area contributed by atoms with Gasteiger partial charge in [0.15, 0.2) is 18.4 Å². The van der Waals surface area contributed by atoms with Crippen LogP contribution in [-0.2, 0) is 28.4 Å². The molecule has 4 aliphatic heterocycles. The van der Waals surface area contributed by atoms with E-state index in [9.17, 15) is 40.9 Å². The Hall–Kier alpha value is -0.820. The van der Waals surface area contributed by atoms with E-state index >= 15 is 0 Å². The fraction of sp³-hybridized carbons (Fsp3) is 0.949. The minimum absolute atomic E-state index is 0.120. The molecular weight excluding hydrogens is 692 g/mol. The molecule has 53 heavy (non-hydrogen) atoms. The summed E-state index contributed by atoms with van der Waals surface area (Å²) >= 11 is 0. The minimum atomic E-state index is -1.77. The molecule has 0 unspecified atom stereocenters. The SMILES string of the molecule is C=C1CC[C@@]2(OC1)O[C@H]1C[C@H]3[C@@H]4CC[C@H]5C[C@@H](O[C@@H]6O[C@H](CO)[C@H](O)[C@H](O)[C@H]6O[C@@H]6O[C@H](CO)[C@@H](O)[C@H](O)[C@H]6O)[C@@H](O)C[C@]5(C)[C@H]4CC[C@]3(C)[C@H]1[C@@H]2C. The van der Waals surface area contributed by atoms with E-state index in [0.717, 1.165) is 50.5 Å². The lowest BCUT2D eigenvalue weighted by molar-refractivity contribution is -0.376. The van der Waals surface area contributed by atoms with Crippen LogP contribution in [-0.4, -0.2) is 146 Å². The van der Waals surface area contributed by atoms with Crippen molar-refractivity contribution in [3.63, 3.8) is 0 Å². The summed E-state index contributed by atoms with van der Waals surface area (Å²) in [5.41, 5.74) is 1.18. The highest BCUT2D eigenvalue weighted by molar-refractivity contribution is 5.17. The van der Waals surface area contributed by atoms with Crippen LogP contribution in [0, 0.1) is 46.3 Å². The zero-order valence-corrected chi connectivity index (χ0v) is 31.2. The molecule has 0 radical (unpaired) electrons. The van der Waals surface area contributed by atoms with Gasteiger partial charge in [0.25, 0.3) is 0 Å². The van der Waals surface area contributed by atoms with E-state index in [-0.39, 0.29) is 22.9 Å². The Kier molecular flexibility index (Phi) is 10.5. The fourth-order valence-corrected chi connectivity index (χ4v) is 13.1. The largest absolute Gasteiger partial charge is 0.394 e. The van der Waals surface area contributed by atoms with Gasteiger partial charge in [-0.05, 0) is 91.8 Å². The van der Waals surface area contributed by atoms with Crippen LogP contribution in [0.5, 0.6) is 0 Å². The normalized spacial score (nSPS) is 58.2. The lowest BCUT2D eigenvalue weighted by Gasteiger charge is -2.62. The first-order valence-corrected chi connectivity index (χ1v) is 20.1. The van der Waals surface area contributed by atoms with Crippen LogP contribution in [0.2, 0.25) is 0 Å². The summed E-state index contributed by atoms with van der Waals surface area (Å²) in [7, 11) is 0. The van der Waals surface area contributed by atoms with Gasteiger partial charge in [-0.1, -0.05) is 32.9 Å². The highest BCUT2D eigenvalue weighted by Crippen LogP contribution is 2.71. The molecule has 8 rings (SSSR count). The number of aliphatic hydroxyl groups excluding tert-OH is 8. The number of hydrogen-bond acceptors (Lipinski definition) is 14. The van der Waals surface area contributed by atoms with Crippen molar-refractivity contribution in [1.82, 2.24) is 0 Å². The summed E-state index contributed by atoms with van der Waals surface area (Å²) in [5.74, 6) is 2.03. The molecule has 22 atom stereocenters. The number of rotatable bonds is 6. The van der Waals surface area contributed by atoms with E-state index in [4.69, 9.17) is 28.4 Å². The van der Waals surface area contributed by atoms with E-state index in [1.807, 2.05) is 0 Å². The van der Waals surface area contributed by atoms with Crippen LogP contribution in [0.1, 0.15) is 78.6 Å². The van der Waals surface area contributed by atoms with Gasteiger partial charge in [-0.25, -0.2) is 0 Å². The molecule has 8 N–H and O–H groups in total. The third-order valence-corrected chi connectivity index (χ3v) is 16.0. The van der Waals surface area contributed by atoms with Gasteiger partial charge >= 0.3 is 0 Å². The first kappa shape index (κ1) is 39.0. The van der Waals surface area contributed by atoms with Crippen molar-refractivity contribution in [2.45, 2.75) is 164 Å². The van der Waals surface area contributed by atoms with Crippen molar-refractivity contribution >= 4 is 0 Å². The van der Waals surface area contributed by atoms with Gasteiger partial charge in [-0.3, -0.25) is 0 Å². The second-order valence-corrected chi connectivity index (χ2v) is 18.4. The van der Waals surface area contributed by atoms with Gasteiger partial charge in [-0.2, -0.15) is 0 Å². The Morgan fingerprint density at radius 2 is 1.47 bits per heavy atom. The van der Waals surface area contributed by atoms with E-state index in [0.29, 0.717) is 49.0 Å². The van der Waals surface area contributed by atoms with E-state index in [2.05, 4.69) is 27.4 Å². The lowest BCUT2D eigenvalue weighted by Crippen LogP contribution is -2.65. The molecule has 8 aliphatic rings. The third kappa shape index (κ3) is 6.12. The zero-order valence-electron chi connectivity index (χ0n) is 31.2. The predicted octanol–water partition coefficient (Wildman–Crippen LogP) is 0.333. The molecule has 302 valence electrons. The van der Waals surface area contributed by atoms with Gasteiger partial charge in [0.2, 0.25) is 0 Å². The average Bonchev–Trinajstić information content (AvgIpc) is 3.58. The molecule has 14 heteroatoms. The fourth-order valence-electron chi connectivity index (χ4n) is 13.1. The first-order valence-electron chi connectivity index (χ1n) is 20.1. The second kappa shape index (κ2) is 14.2. The molecule has 4 aliphatic carbocycles. The number of ether oxygens (including phenoxy) is 6. The summed E-state index contributed by atoms with van der Waals surface area (Å²) in [5, 5.41) is 84.5. The Morgan fingerprint density at radius 3 is 2.15 bits per heavy atom. The molecule has 4 saturated heterocycles. The number of fused-ring (bicyclic) bond motifs is 7. The van der Waals surface area contributed by atoms with Crippen molar-refractivity contribution < 1.29 is 69.3 Å². The van der Waals surface area contributed by atoms with Crippen LogP contribution < -0.4 is 0 Å². The summed E-state index contributed by atoms with van der Waals surface area (Å²) in [6.45, 7) is 10.6. The zero-order chi connectivity index (χ0) is 37.8. The summed E-state index contributed by atoms with van der Waals surface area (Å²) < 4.78 is 37.0. The monoisotopic (exact) mass is 754 g/mol. The molecule has 4 saturated carbocycles. The van der Waals surface area contributed by atoms with Gasteiger partial charge in [0.05, 0.1) is 38.1 Å². The van der Waals surface area contributed by atoms with Crippen LogP contribution in [0.3, 0.4) is 0 Å². The van der Waals surface area contributed by atoms with Crippen molar-refractivity contribution in [1.29, 1.82) is 0 Å². The van der Waals surface area contributed by atoms with Crippen molar-refractivity contribution in [3.8, 4) is 0 Å². The molecule has 14 nitrogen and oxygen atoms in total. The van der Waals surface area contributed by atoms with Crippen molar-refractivity contribution in [2.24, 2.45) is 46.3 Å². The average molecular weight is 755 g/mol. The Bertz CT molecular complexity index is 1340. The van der Waals surface area contributed by atoms with Crippen LogP contribution >= 0.6 is 0 Å². The van der Waals surface area contributed by atoms with E-state index < -0.39 is 92.6 Å². The van der Waals surface area contributed by atoms with E-state index in [1.165, 1.54) is 0 Å². The lowest BCUT2D eigenvalue weighted by atomic mass is 9.44. The van der Waals surface area contributed by atoms with Crippen LogP contribution in [0.4, 0.5) is 0 Å². The number of aliphatic hydroxyl groups is 8. The Labute approximate surface area is 311 Å². The Balaban J connectivity index is 0.964. The van der Waals surface area contributed by atoms with Gasteiger partial charge < -0.3 is 69.3 Å². The van der Waals surface area contributed by atoms with Gasteiger partial charge in [-0.15, -0.1) is 0 Å². The van der Waals surface area contributed by atoms with Gasteiger partial charge in [0, 0.05) is 12.3 Å². The molecule has 0 aromatic rings. The molecular formula is C39H62O14. The highest BCUT2D eigenvalue weighted by Gasteiger charge is 2.69. The standard InChI is InChI=1S/C39H62O14/c1-17-7-10-39(48-16-17)18(2)28-25(53-39)12-22-20-6-5-19-11-24(23(42)13-38(19,4)21(20)8-9-37(22,28)3)49-36-34(32(46)30(44)27(15-41)51-36)52-35-33(47)31(45)29(43)26(14-40)50-35/h18-36,40-47H,1,5-16H2,2-4H3/t18-,19-,20+,21-,22-,23-,24+,25-,26+,27+,28-,29+,30-,31-,32-,33+,34+,35-,36+,37-,38-,39+/m0/s1. The molecule has 0 bridgehead atoms. The van der Waals surface area contributed by atoms with Gasteiger partial charge in [0.1, 0.15) is 48.8 Å². The topological polar surface area (TPSA) is 217 Å². The quantitative estimate of drug-likeness (QED) is 0.136. The first-order chi connectivity index (χ1) is 25.2. The molecule has 1 spiro atoms. The maximum absolute atomic E-state index is 11.8. The maximum Gasteiger partial charge on any atom is 0.187 e. The predicted molar refractivity (Wildman–Crippen MR) is 184 cm³/mol. The van der Waals surface area contributed by atoms with Crippen LogP contribution in [0.15, 0.2) is 12.2 Å². The Morgan fingerprint density at radius 1 is 0.774 bits per heavy atom. The molecule has 0 aromatic heterocycles. The smallest absolute Gasteiger partial charge is 0.187 e. The summed E-state index contributed by atoms with van der Waals surface area (Å²) in [4.78, 5) is 0. The van der Waals surface area contributed by atoms with Crippen molar-refractivity contribution in [2.75, 3.05) is 19.8 Å². The molecule has 0 amide bonds. The minimum Gasteiger partial charge on any atom is -0.394 e. The molecule has 4 heterocycles. The summed E-state index contributed by atoms with van der Waals surface area (Å²) in [6, 6.07) is 0. The van der Waals surface area contributed by atoms with Crippen LogP contribution in [0.25, 0.3) is 0 Å². The van der Waals surface area contributed by atoms with Crippen molar-refractivity contribution in [3.05, 3.63) is 12.2 Å². The highest BCUT2D eigenvalue weighted by atomic mass is 16.8. The molecule has 0 aromatic carbocycles. The number of hydrogen-bond donors (Lipinski definition) is 8. The maximum atomic E-state index is 11.8. The summed E-state index contributed by atoms with van der Waals surface area (Å²) in [6.07, 6.45) is -8.57.